The molecule has 3 nitrogen and oxygen atoms in total. The molecular formula is C12H16BrNO2. The van der Waals surface area contributed by atoms with Gasteiger partial charge >= 0.3 is 0 Å². The molecule has 1 aromatic rings. The van der Waals surface area contributed by atoms with Crippen molar-refractivity contribution in [3.05, 3.63) is 28.2 Å². The zero-order chi connectivity index (χ0) is 11.6. The summed E-state index contributed by atoms with van der Waals surface area (Å²) in [6, 6.07) is 5.37. The first-order chi connectivity index (χ1) is 7.59. The quantitative estimate of drug-likeness (QED) is 0.777. The van der Waals surface area contributed by atoms with Gasteiger partial charge in [0.05, 0.1) is 10.1 Å². The molecule has 0 aliphatic carbocycles. The minimum absolute atomic E-state index is 0.234. The standard InChI is InChI=1S/C12H16BrNO2/c13-10-6-9(2-3-11(10)15)7-12(16)4-1-5-14-8-12/h2-3,6,14-16H,1,4-5,7-8H2. The smallest absolute Gasteiger partial charge is 0.129 e. The molecule has 1 atom stereocenters. The second-order valence-corrected chi connectivity index (χ2v) is 5.32. The van der Waals surface area contributed by atoms with E-state index in [0.717, 1.165) is 24.9 Å². The Morgan fingerprint density at radius 1 is 1.44 bits per heavy atom. The molecule has 1 saturated heterocycles. The second-order valence-electron chi connectivity index (χ2n) is 4.47. The maximum atomic E-state index is 10.3. The van der Waals surface area contributed by atoms with Crippen LogP contribution in [0.1, 0.15) is 18.4 Å². The van der Waals surface area contributed by atoms with Gasteiger partial charge in [-0.1, -0.05) is 6.07 Å². The van der Waals surface area contributed by atoms with E-state index in [4.69, 9.17) is 0 Å². The fourth-order valence-corrected chi connectivity index (χ4v) is 2.57. The van der Waals surface area contributed by atoms with E-state index < -0.39 is 5.60 Å². The Morgan fingerprint density at radius 2 is 2.25 bits per heavy atom. The number of hydrogen-bond acceptors (Lipinski definition) is 3. The van der Waals surface area contributed by atoms with Crippen molar-refractivity contribution in [2.24, 2.45) is 0 Å². The molecule has 3 N–H and O–H groups in total. The molecule has 0 radical (unpaired) electrons. The molecule has 1 unspecified atom stereocenters. The van der Waals surface area contributed by atoms with Crippen LogP contribution in [0.4, 0.5) is 0 Å². The summed E-state index contributed by atoms with van der Waals surface area (Å²) in [6.07, 6.45) is 2.47. The van der Waals surface area contributed by atoms with Crippen LogP contribution in [-0.2, 0) is 6.42 Å². The van der Waals surface area contributed by atoms with Crippen LogP contribution in [0.5, 0.6) is 5.75 Å². The normalized spacial score (nSPS) is 25.6. The summed E-state index contributed by atoms with van der Waals surface area (Å²) in [5.74, 6) is 0.234. The van der Waals surface area contributed by atoms with Crippen LogP contribution >= 0.6 is 15.9 Å². The zero-order valence-electron chi connectivity index (χ0n) is 9.04. The highest BCUT2D eigenvalue weighted by molar-refractivity contribution is 9.10. The molecular weight excluding hydrogens is 270 g/mol. The lowest BCUT2D eigenvalue weighted by Crippen LogP contribution is -2.47. The highest BCUT2D eigenvalue weighted by Crippen LogP contribution is 2.27. The number of benzene rings is 1. The highest BCUT2D eigenvalue weighted by atomic mass is 79.9. The lowest BCUT2D eigenvalue weighted by atomic mass is 9.87. The third-order valence-electron chi connectivity index (χ3n) is 3.00. The number of aromatic hydroxyl groups is 1. The largest absolute Gasteiger partial charge is 0.507 e. The lowest BCUT2D eigenvalue weighted by molar-refractivity contribution is 0.0169. The summed E-state index contributed by atoms with van der Waals surface area (Å²) in [5, 5.41) is 22.9. The Morgan fingerprint density at radius 3 is 2.88 bits per heavy atom. The van der Waals surface area contributed by atoms with Crippen molar-refractivity contribution in [3.8, 4) is 5.75 Å². The third-order valence-corrected chi connectivity index (χ3v) is 3.63. The second kappa shape index (κ2) is 4.73. The maximum absolute atomic E-state index is 10.3. The SMILES string of the molecule is Oc1ccc(CC2(O)CCCNC2)cc1Br. The van der Waals surface area contributed by atoms with Crippen molar-refractivity contribution in [2.75, 3.05) is 13.1 Å². The number of piperidine rings is 1. The molecule has 0 amide bonds. The molecule has 0 spiro atoms. The number of phenolic OH excluding ortho intramolecular Hbond substituents is 1. The van der Waals surface area contributed by atoms with Gasteiger partial charge in [-0.15, -0.1) is 0 Å². The average Bonchev–Trinajstić information content (AvgIpc) is 2.24. The van der Waals surface area contributed by atoms with Gasteiger partial charge in [-0.05, 0) is 53.0 Å². The number of rotatable bonds is 2. The molecule has 0 aromatic heterocycles. The van der Waals surface area contributed by atoms with E-state index >= 15 is 0 Å². The van der Waals surface area contributed by atoms with Crippen LogP contribution in [0.15, 0.2) is 22.7 Å². The van der Waals surface area contributed by atoms with Gasteiger partial charge in [-0.2, -0.15) is 0 Å². The monoisotopic (exact) mass is 285 g/mol. The first-order valence-corrected chi connectivity index (χ1v) is 6.29. The summed E-state index contributed by atoms with van der Waals surface area (Å²) in [7, 11) is 0. The molecule has 1 aliphatic rings. The van der Waals surface area contributed by atoms with Crippen LogP contribution in [-0.4, -0.2) is 28.9 Å². The average molecular weight is 286 g/mol. The first kappa shape index (κ1) is 11.9. The molecule has 4 heteroatoms. The van der Waals surface area contributed by atoms with Crippen molar-refractivity contribution in [3.63, 3.8) is 0 Å². The Kier molecular flexibility index (Phi) is 3.52. The summed E-state index contributed by atoms with van der Waals surface area (Å²) < 4.78 is 0.678. The number of phenols is 1. The molecule has 1 aromatic carbocycles. The Balaban J connectivity index is 2.10. The Hall–Kier alpha value is -0.580. The Labute approximate surface area is 104 Å². The van der Waals surface area contributed by atoms with Gasteiger partial charge in [0.2, 0.25) is 0 Å². The molecule has 1 aliphatic heterocycles. The predicted molar refractivity (Wildman–Crippen MR) is 66.6 cm³/mol. The molecule has 1 heterocycles. The van der Waals surface area contributed by atoms with Gasteiger partial charge in [0.15, 0.2) is 0 Å². The van der Waals surface area contributed by atoms with Crippen LogP contribution in [0, 0.1) is 0 Å². The van der Waals surface area contributed by atoms with E-state index in [2.05, 4.69) is 21.2 Å². The van der Waals surface area contributed by atoms with Gasteiger partial charge in [0.25, 0.3) is 0 Å². The van der Waals surface area contributed by atoms with Gasteiger partial charge < -0.3 is 15.5 Å². The van der Waals surface area contributed by atoms with Crippen molar-refractivity contribution in [1.29, 1.82) is 0 Å². The predicted octanol–water partition coefficient (Wildman–Crippen LogP) is 1.81. The van der Waals surface area contributed by atoms with Crippen molar-refractivity contribution in [1.82, 2.24) is 5.32 Å². The number of aliphatic hydroxyl groups is 1. The summed E-state index contributed by atoms with van der Waals surface area (Å²) in [5.41, 5.74) is 0.394. The van der Waals surface area contributed by atoms with Crippen LogP contribution in [0.3, 0.4) is 0 Å². The number of nitrogens with one attached hydrogen (secondary N) is 1. The van der Waals surface area contributed by atoms with Gasteiger partial charge in [-0.25, -0.2) is 0 Å². The summed E-state index contributed by atoms with van der Waals surface area (Å²) in [4.78, 5) is 0. The van der Waals surface area contributed by atoms with E-state index in [-0.39, 0.29) is 5.75 Å². The molecule has 16 heavy (non-hydrogen) atoms. The minimum atomic E-state index is -0.644. The number of halogens is 1. The maximum Gasteiger partial charge on any atom is 0.129 e. The van der Waals surface area contributed by atoms with Crippen LogP contribution < -0.4 is 5.32 Å². The van der Waals surface area contributed by atoms with Crippen molar-refractivity contribution >= 4 is 15.9 Å². The van der Waals surface area contributed by atoms with E-state index in [1.54, 1.807) is 6.07 Å². The van der Waals surface area contributed by atoms with Gasteiger partial charge in [-0.3, -0.25) is 0 Å². The van der Waals surface area contributed by atoms with Crippen LogP contribution in [0.25, 0.3) is 0 Å². The molecule has 88 valence electrons. The third kappa shape index (κ3) is 2.75. The van der Waals surface area contributed by atoms with E-state index in [0.29, 0.717) is 17.4 Å². The van der Waals surface area contributed by atoms with Crippen LogP contribution in [0.2, 0.25) is 0 Å². The Bertz CT molecular complexity index is 375. The van der Waals surface area contributed by atoms with Crippen molar-refractivity contribution in [2.45, 2.75) is 24.9 Å². The molecule has 0 bridgehead atoms. The molecule has 1 fully saturated rings. The summed E-state index contributed by atoms with van der Waals surface area (Å²) >= 11 is 3.28. The van der Waals surface area contributed by atoms with E-state index in [9.17, 15) is 10.2 Å². The topological polar surface area (TPSA) is 52.5 Å². The fourth-order valence-electron chi connectivity index (χ4n) is 2.14. The van der Waals surface area contributed by atoms with Crippen molar-refractivity contribution < 1.29 is 10.2 Å². The lowest BCUT2D eigenvalue weighted by Gasteiger charge is -2.32. The highest BCUT2D eigenvalue weighted by Gasteiger charge is 2.29. The van der Waals surface area contributed by atoms with Gasteiger partial charge in [0.1, 0.15) is 5.75 Å². The van der Waals surface area contributed by atoms with Gasteiger partial charge in [0, 0.05) is 13.0 Å². The zero-order valence-corrected chi connectivity index (χ0v) is 10.6. The van der Waals surface area contributed by atoms with E-state index in [1.165, 1.54) is 0 Å². The van der Waals surface area contributed by atoms with E-state index in [1.807, 2.05) is 12.1 Å². The summed E-state index contributed by atoms with van der Waals surface area (Å²) in [6.45, 7) is 1.63. The first-order valence-electron chi connectivity index (χ1n) is 5.50. The number of β-amino-alcohol motifs (C(OH)–C–C–N with tert-alkyl or cyclic N) is 1. The molecule has 2 rings (SSSR count). The minimum Gasteiger partial charge on any atom is -0.507 e. The fraction of sp³-hybridized carbons (Fsp3) is 0.500. The number of hydrogen-bond donors (Lipinski definition) is 3. The molecule has 0 saturated carbocycles.